The average Bonchev–Trinajstić information content (AvgIpc) is 2.84. The van der Waals surface area contributed by atoms with Gasteiger partial charge in [0.05, 0.1) is 17.5 Å². The van der Waals surface area contributed by atoms with Crippen molar-refractivity contribution in [3.63, 3.8) is 0 Å². The minimum atomic E-state index is 0.179. The van der Waals surface area contributed by atoms with Crippen LogP contribution >= 0.6 is 0 Å². The van der Waals surface area contributed by atoms with Crippen LogP contribution in [0.4, 0.5) is 0 Å². The molecule has 0 aliphatic carbocycles. The minimum absolute atomic E-state index is 0.179. The van der Waals surface area contributed by atoms with E-state index < -0.39 is 0 Å². The molecule has 1 saturated heterocycles. The zero-order chi connectivity index (χ0) is 18.6. The molecular weight excluding hydrogens is 336 g/mol. The van der Waals surface area contributed by atoms with Crippen molar-refractivity contribution < 1.29 is 4.74 Å². The lowest BCUT2D eigenvalue weighted by atomic mass is 10.1. The lowest BCUT2D eigenvalue weighted by molar-refractivity contribution is 0.242. The predicted octanol–water partition coefficient (Wildman–Crippen LogP) is 3.58. The molecule has 1 aliphatic rings. The molecule has 1 N–H and O–H groups in total. The highest BCUT2D eigenvalue weighted by molar-refractivity contribution is 5.67. The van der Waals surface area contributed by atoms with Gasteiger partial charge in [0.2, 0.25) is 0 Å². The van der Waals surface area contributed by atoms with Gasteiger partial charge in [-0.15, -0.1) is 0 Å². The van der Waals surface area contributed by atoms with Crippen molar-refractivity contribution in [2.45, 2.75) is 32.9 Å². The summed E-state index contributed by atoms with van der Waals surface area (Å²) < 4.78 is 8.02. The number of hydrogen-bond donors (Lipinski definition) is 1. The van der Waals surface area contributed by atoms with Crippen LogP contribution in [0.5, 0.6) is 5.75 Å². The molecule has 0 radical (unpaired) electrons. The van der Waals surface area contributed by atoms with E-state index in [1.54, 1.807) is 0 Å². The first-order chi connectivity index (χ1) is 13.2. The van der Waals surface area contributed by atoms with Crippen LogP contribution in [0.25, 0.3) is 16.9 Å². The largest absolute Gasteiger partial charge is 0.491 e. The number of hydrogen-bond acceptors (Lipinski definition) is 4. The van der Waals surface area contributed by atoms with Gasteiger partial charge in [-0.25, -0.2) is 4.98 Å². The van der Waals surface area contributed by atoms with Gasteiger partial charge in [0.1, 0.15) is 11.4 Å². The van der Waals surface area contributed by atoms with Crippen LogP contribution in [0.15, 0.2) is 48.7 Å². The Bertz CT molecular complexity index is 877. The Hall–Kier alpha value is -2.37. The number of rotatable bonds is 5. The second kappa shape index (κ2) is 8.11. The fourth-order valence-corrected chi connectivity index (χ4v) is 3.66. The standard InChI is InChI=1S/C22H28N4O/c1-17(2)27-19-9-7-18(8-10-19)22-20(16-25-13-5-11-23-12-15-25)26-14-4-3-6-21(26)24-22/h3-4,6-10,14,17,23H,5,11-13,15-16H2,1-2H3. The van der Waals surface area contributed by atoms with Crippen molar-refractivity contribution in [3.8, 4) is 17.0 Å². The van der Waals surface area contributed by atoms with Crippen LogP contribution in [0, 0.1) is 0 Å². The Balaban J connectivity index is 1.69. The van der Waals surface area contributed by atoms with E-state index in [1.807, 2.05) is 32.0 Å². The molecule has 0 atom stereocenters. The second-order valence-corrected chi connectivity index (χ2v) is 7.41. The minimum Gasteiger partial charge on any atom is -0.491 e. The number of ether oxygens (including phenoxy) is 1. The summed E-state index contributed by atoms with van der Waals surface area (Å²) in [6.45, 7) is 9.34. The van der Waals surface area contributed by atoms with Gasteiger partial charge in [0.15, 0.2) is 0 Å². The number of nitrogens with zero attached hydrogens (tertiary/aromatic N) is 3. The third-order valence-corrected chi connectivity index (χ3v) is 4.93. The summed E-state index contributed by atoms with van der Waals surface area (Å²) in [6.07, 6.45) is 3.49. The average molecular weight is 364 g/mol. The topological polar surface area (TPSA) is 41.8 Å². The molecule has 0 spiro atoms. The van der Waals surface area contributed by atoms with Gasteiger partial charge in [0.25, 0.3) is 0 Å². The summed E-state index contributed by atoms with van der Waals surface area (Å²) >= 11 is 0. The van der Waals surface area contributed by atoms with E-state index in [2.05, 4.69) is 45.1 Å². The van der Waals surface area contributed by atoms with E-state index in [9.17, 15) is 0 Å². The highest BCUT2D eigenvalue weighted by Crippen LogP contribution is 2.28. The molecule has 142 valence electrons. The van der Waals surface area contributed by atoms with E-state index in [4.69, 9.17) is 9.72 Å². The Kier molecular flexibility index (Phi) is 5.41. The predicted molar refractivity (Wildman–Crippen MR) is 109 cm³/mol. The number of aromatic nitrogens is 2. The van der Waals surface area contributed by atoms with Crippen molar-refractivity contribution in [1.82, 2.24) is 19.6 Å². The van der Waals surface area contributed by atoms with Gasteiger partial charge in [-0.2, -0.15) is 0 Å². The Morgan fingerprint density at radius 3 is 2.74 bits per heavy atom. The maximum atomic E-state index is 5.79. The molecule has 2 aromatic heterocycles. The fourth-order valence-electron chi connectivity index (χ4n) is 3.66. The highest BCUT2D eigenvalue weighted by atomic mass is 16.5. The summed E-state index contributed by atoms with van der Waals surface area (Å²) in [5.74, 6) is 0.901. The maximum Gasteiger partial charge on any atom is 0.137 e. The van der Waals surface area contributed by atoms with E-state index >= 15 is 0 Å². The SMILES string of the molecule is CC(C)Oc1ccc(-c2nc3ccccn3c2CN2CCCNCC2)cc1. The molecule has 3 heterocycles. The molecule has 1 aromatic carbocycles. The molecular formula is C22H28N4O. The summed E-state index contributed by atoms with van der Waals surface area (Å²) in [4.78, 5) is 7.47. The van der Waals surface area contributed by atoms with Crippen molar-refractivity contribution in [2.75, 3.05) is 26.2 Å². The summed E-state index contributed by atoms with van der Waals surface area (Å²) in [5, 5.41) is 3.48. The van der Waals surface area contributed by atoms with E-state index in [1.165, 1.54) is 12.1 Å². The Morgan fingerprint density at radius 1 is 1.07 bits per heavy atom. The smallest absolute Gasteiger partial charge is 0.137 e. The van der Waals surface area contributed by atoms with E-state index in [-0.39, 0.29) is 6.10 Å². The first-order valence-electron chi connectivity index (χ1n) is 9.87. The van der Waals surface area contributed by atoms with Crippen molar-refractivity contribution in [2.24, 2.45) is 0 Å². The van der Waals surface area contributed by atoms with Gasteiger partial charge < -0.3 is 14.5 Å². The lowest BCUT2D eigenvalue weighted by Crippen LogP contribution is -2.28. The van der Waals surface area contributed by atoms with Crippen LogP contribution in [0.2, 0.25) is 0 Å². The van der Waals surface area contributed by atoms with Crippen molar-refractivity contribution >= 4 is 5.65 Å². The molecule has 4 rings (SSSR count). The molecule has 1 fully saturated rings. The Morgan fingerprint density at radius 2 is 1.93 bits per heavy atom. The summed E-state index contributed by atoms with van der Waals surface area (Å²) in [7, 11) is 0. The van der Waals surface area contributed by atoms with Crippen molar-refractivity contribution in [1.29, 1.82) is 0 Å². The van der Waals surface area contributed by atoms with E-state index in [0.29, 0.717) is 0 Å². The van der Waals surface area contributed by atoms with E-state index in [0.717, 1.165) is 55.4 Å². The number of pyridine rings is 1. The summed E-state index contributed by atoms with van der Waals surface area (Å²) in [6, 6.07) is 14.5. The molecule has 0 unspecified atom stereocenters. The Labute approximate surface area is 161 Å². The number of nitrogens with one attached hydrogen (secondary N) is 1. The van der Waals surface area contributed by atoms with Crippen LogP contribution in [0.1, 0.15) is 26.0 Å². The molecule has 1 aliphatic heterocycles. The lowest BCUT2D eigenvalue weighted by Gasteiger charge is -2.20. The third kappa shape index (κ3) is 4.15. The molecule has 0 bridgehead atoms. The molecule has 0 saturated carbocycles. The van der Waals surface area contributed by atoms with Crippen LogP contribution < -0.4 is 10.1 Å². The van der Waals surface area contributed by atoms with Gasteiger partial charge >= 0.3 is 0 Å². The third-order valence-electron chi connectivity index (χ3n) is 4.93. The van der Waals surface area contributed by atoms with Crippen LogP contribution in [-0.2, 0) is 6.54 Å². The zero-order valence-corrected chi connectivity index (χ0v) is 16.2. The van der Waals surface area contributed by atoms with Gasteiger partial charge in [-0.05, 0) is 69.8 Å². The number of benzene rings is 1. The quantitative estimate of drug-likeness (QED) is 0.751. The van der Waals surface area contributed by atoms with Crippen LogP contribution in [-0.4, -0.2) is 46.6 Å². The van der Waals surface area contributed by atoms with Gasteiger partial charge in [0, 0.05) is 31.4 Å². The van der Waals surface area contributed by atoms with Crippen molar-refractivity contribution in [3.05, 3.63) is 54.4 Å². The first-order valence-corrected chi connectivity index (χ1v) is 9.87. The molecule has 5 heteroatoms. The molecule has 5 nitrogen and oxygen atoms in total. The fraction of sp³-hybridized carbons (Fsp3) is 0.409. The maximum absolute atomic E-state index is 5.79. The van der Waals surface area contributed by atoms with Gasteiger partial charge in [-0.3, -0.25) is 4.90 Å². The van der Waals surface area contributed by atoms with Gasteiger partial charge in [-0.1, -0.05) is 6.07 Å². The normalized spacial score (nSPS) is 16.0. The number of imidazole rings is 1. The molecule has 3 aromatic rings. The monoisotopic (exact) mass is 364 g/mol. The van der Waals surface area contributed by atoms with Crippen LogP contribution in [0.3, 0.4) is 0 Å². The molecule has 0 amide bonds. The second-order valence-electron chi connectivity index (χ2n) is 7.41. The molecule has 27 heavy (non-hydrogen) atoms. The highest BCUT2D eigenvalue weighted by Gasteiger charge is 2.18. The number of fused-ring (bicyclic) bond motifs is 1. The first kappa shape index (κ1) is 18.0. The zero-order valence-electron chi connectivity index (χ0n) is 16.2. The summed E-state index contributed by atoms with van der Waals surface area (Å²) in [5.41, 5.74) is 4.45.